The van der Waals surface area contributed by atoms with Crippen LogP contribution in [-0.4, -0.2) is 25.8 Å². The third-order valence-corrected chi connectivity index (χ3v) is 3.87. The number of thiazole rings is 1. The maximum atomic E-state index is 12.0. The predicted molar refractivity (Wildman–Crippen MR) is 92.2 cm³/mol. The van der Waals surface area contributed by atoms with Gasteiger partial charge in [0.2, 0.25) is 0 Å². The van der Waals surface area contributed by atoms with Crippen LogP contribution in [0.4, 0.5) is 21.3 Å². The summed E-state index contributed by atoms with van der Waals surface area (Å²) < 4.78 is 6.84. The number of anilines is 3. The minimum absolute atomic E-state index is 0.172. The Labute approximate surface area is 146 Å². The van der Waals surface area contributed by atoms with Gasteiger partial charge in [0.05, 0.1) is 21.9 Å². The number of aromatic nitrogens is 4. The molecule has 0 bridgehead atoms. The standard InChI is InChI=1S/C14H13ClN6O2S/c1-8-17-12(23-14(22)19-11-3-4-21(2)20-11)13(24-8)18-10-5-9(15)6-16-7-10/h3-7,18H,1-2H3,(H,19,20,22). The van der Waals surface area contributed by atoms with Crippen LogP contribution in [0.25, 0.3) is 0 Å². The largest absolute Gasteiger partial charge is 0.419 e. The third kappa shape index (κ3) is 4.00. The highest BCUT2D eigenvalue weighted by Crippen LogP contribution is 2.34. The second kappa shape index (κ2) is 6.85. The van der Waals surface area contributed by atoms with E-state index in [0.717, 1.165) is 5.01 Å². The third-order valence-electron chi connectivity index (χ3n) is 2.80. The Morgan fingerprint density at radius 1 is 1.42 bits per heavy atom. The van der Waals surface area contributed by atoms with Gasteiger partial charge in [-0.2, -0.15) is 5.10 Å². The van der Waals surface area contributed by atoms with E-state index in [4.69, 9.17) is 16.3 Å². The summed E-state index contributed by atoms with van der Waals surface area (Å²) in [5.74, 6) is 0.564. The summed E-state index contributed by atoms with van der Waals surface area (Å²) in [6.07, 6.45) is 4.18. The number of rotatable bonds is 4. The van der Waals surface area contributed by atoms with Crippen molar-refractivity contribution in [3.05, 3.63) is 40.8 Å². The summed E-state index contributed by atoms with van der Waals surface area (Å²) in [5, 5.41) is 11.5. The van der Waals surface area contributed by atoms with Crippen molar-refractivity contribution in [3.8, 4) is 5.88 Å². The van der Waals surface area contributed by atoms with Gasteiger partial charge in [-0.05, 0) is 13.0 Å². The zero-order chi connectivity index (χ0) is 17.1. The Balaban J connectivity index is 1.72. The Morgan fingerprint density at radius 3 is 2.96 bits per heavy atom. The number of carbonyl (C=O) groups is 1. The van der Waals surface area contributed by atoms with E-state index in [9.17, 15) is 4.79 Å². The van der Waals surface area contributed by atoms with Crippen LogP contribution in [0.1, 0.15) is 5.01 Å². The van der Waals surface area contributed by atoms with Gasteiger partial charge < -0.3 is 10.1 Å². The molecule has 3 aromatic heterocycles. The lowest BCUT2D eigenvalue weighted by molar-refractivity contribution is 0.213. The van der Waals surface area contributed by atoms with Gasteiger partial charge in [0.1, 0.15) is 0 Å². The highest BCUT2D eigenvalue weighted by Gasteiger charge is 2.16. The Morgan fingerprint density at radius 2 is 2.25 bits per heavy atom. The van der Waals surface area contributed by atoms with Gasteiger partial charge >= 0.3 is 6.09 Å². The molecule has 0 aliphatic heterocycles. The molecule has 0 saturated heterocycles. The molecule has 0 radical (unpaired) electrons. The highest BCUT2D eigenvalue weighted by molar-refractivity contribution is 7.16. The van der Waals surface area contributed by atoms with Crippen molar-refractivity contribution < 1.29 is 9.53 Å². The van der Waals surface area contributed by atoms with Gasteiger partial charge in [0.25, 0.3) is 5.88 Å². The molecule has 1 amide bonds. The minimum Gasteiger partial charge on any atom is -0.388 e. The van der Waals surface area contributed by atoms with Crippen LogP contribution in [0.2, 0.25) is 5.02 Å². The molecular weight excluding hydrogens is 352 g/mol. The maximum Gasteiger partial charge on any atom is 0.419 e. The van der Waals surface area contributed by atoms with E-state index in [-0.39, 0.29) is 5.88 Å². The molecule has 0 spiro atoms. The van der Waals surface area contributed by atoms with Crippen LogP contribution >= 0.6 is 22.9 Å². The maximum absolute atomic E-state index is 12.0. The molecule has 2 N–H and O–H groups in total. The van der Waals surface area contributed by atoms with Gasteiger partial charge in [-0.25, -0.2) is 9.78 Å². The van der Waals surface area contributed by atoms with E-state index < -0.39 is 6.09 Å². The van der Waals surface area contributed by atoms with Gasteiger partial charge in [-0.3, -0.25) is 15.0 Å². The monoisotopic (exact) mass is 364 g/mol. The molecule has 0 unspecified atom stereocenters. The Hall–Kier alpha value is -2.65. The fourth-order valence-corrected chi connectivity index (χ4v) is 2.81. The summed E-state index contributed by atoms with van der Waals surface area (Å²) in [6.45, 7) is 1.82. The van der Waals surface area contributed by atoms with Crippen LogP contribution in [0.15, 0.2) is 30.7 Å². The zero-order valence-electron chi connectivity index (χ0n) is 12.8. The van der Waals surface area contributed by atoms with Crippen molar-refractivity contribution >= 4 is 45.5 Å². The molecule has 0 aromatic carbocycles. The number of aryl methyl sites for hydroxylation is 2. The first-order valence-electron chi connectivity index (χ1n) is 6.83. The zero-order valence-corrected chi connectivity index (χ0v) is 14.4. The topological polar surface area (TPSA) is 94.0 Å². The van der Waals surface area contributed by atoms with Crippen molar-refractivity contribution in [1.29, 1.82) is 0 Å². The van der Waals surface area contributed by atoms with E-state index in [0.29, 0.717) is 21.5 Å². The Kier molecular flexibility index (Phi) is 4.63. The molecule has 3 rings (SSSR count). The fourth-order valence-electron chi connectivity index (χ4n) is 1.87. The number of amides is 1. The van der Waals surface area contributed by atoms with Crippen molar-refractivity contribution in [3.63, 3.8) is 0 Å². The SMILES string of the molecule is Cc1nc(OC(=O)Nc2ccn(C)n2)c(Nc2cncc(Cl)c2)s1. The average Bonchev–Trinajstić information content (AvgIpc) is 3.05. The van der Waals surface area contributed by atoms with E-state index in [1.165, 1.54) is 17.5 Å². The van der Waals surface area contributed by atoms with Crippen LogP contribution in [0.5, 0.6) is 5.88 Å². The molecule has 0 atom stereocenters. The highest BCUT2D eigenvalue weighted by atomic mass is 35.5. The van der Waals surface area contributed by atoms with Crippen LogP contribution < -0.4 is 15.4 Å². The van der Waals surface area contributed by atoms with Crippen molar-refractivity contribution in [2.75, 3.05) is 10.6 Å². The molecule has 0 saturated carbocycles. The van der Waals surface area contributed by atoms with E-state index in [1.54, 1.807) is 36.3 Å². The number of carbonyl (C=O) groups excluding carboxylic acids is 1. The molecule has 24 heavy (non-hydrogen) atoms. The minimum atomic E-state index is -0.675. The Bertz CT molecular complexity index is 878. The molecule has 8 nitrogen and oxygen atoms in total. The second-order valence-corrected chi connectivity index (χ2v) is 6.41. The number of hydrogen-bond acceptors (Lipinski definition) is 7. The average molecular weight is 365 g/mol. The molecule has 3 heterocycles. The number of halogens is 1. The second-order valence-electron chi connectivity index (χ2n) is 4.77. The summed E-state index contributed by atoms with van der Waals surface area (Å²) >= 11 is 7.26. The van der Waals surface area contributed by atoms with Crippen molar-refractivity contribution in [2.24, 2.45) is 7.05 Å². The predicted octanol–water partition coefficient (Wildman–Crippen LogP) is 3.59. The molecule has 0 fully saturated rings. The molecule has 124 valence electrons. The van der Waals surface area contributed by atoms with Gasteiger partial charge in [-0.1, -0.05) is 22.9 Å². The van der Waals surface area contributed by atoms with E-state index >= 15 is 0 Å². The number of hydrogen-bond donors (Lipinski definition) is 2. The first-order chi connectivity index (χ1) is 11.5. The molecule has 0 aliphatic rings. The van der Waals surface area contributed by atoms with E-state index in [1.807, 2.05) is 6.92 Å². The van der Waals surface area contributed by atoms with Crippen LogP contribution in [0, 0.1) is 6.92 Å². The summed E-state index contributed by atoms with van der Waals surface area (Å²) in [7, 11) is 1.75. The normalized spacial score (nSPS) is 10.5. The van der Waals surface area contributed by atoms with Crippen LogP contribution in [0.3, 0.4) is 0 Å². The number of nitrogens with one attached hydrogen (secondary N) is 2. The number of nitrogens with zero attached hydrogens (tertiary/aromatic N) is 4. The summed E-state index contributed by atoms with van der Waals surface area (Å²) in [6, 6.07) is 3.37. The van der Waals surface area contributed by atoms with Gasteiger partial charge in [0.15, 0.2) is 10.8 Å². The lowest BCUT2D eigenvalue weighted by Gasteiger charge is -2.06. The van der Waals surface area contributed by atoms with Gasteiger partial charge in [-0.15, -0.1) is 0 Å². The lowest BCUT2D eigenvalue weighted by Crippen LogP contribution is -2.17. The molecule has 3 aromatic rings. The van der Waals surface area contributed by atoms with Gasteiger partial charge in [0, 0.05) is 25.5 Å². The van der Waals surface area contributed by atoms with Crippen molar-refractivity contribution in [1.82, 2.24) is 19.7 Å². The first-order valence-corrected chi connectivity index (χ1v) is 8.02. The molecule has 10 heteroatoms. The van der Waals surface area contributed by atoms with E-state index in [2.05, 4.69) is 25.7 Å². The smallest absolute Gasteiger partial charge is 0.388 e. The summed E-state index contributed by atoms with van der Waals surface area (Å²) in [4.78, 5) is 20.2. The lowest BCUT2D eigenvalue weighted by atomic mass is 10.4. The molecular formula is C14H13ClN6O2S. The first kappa shape index (κ1) is 16.2. The number of ether oxygens (including phenoxy) is 1. The van der Waals surface area contributed by atoms with Crippen molar-refractivity contribution in [2.45, 2.75) is 6.92 Å². The summed E-state index contributed by atoms with van der Waals surface area (Å²) in [5.41, 5.74) is 0.668. The quantitative estimate of drug-likeness (QED) is 0.734. The van der Waals surface area contributed by atoms with Crippen LogP contribution in [-0.2, 0) is 7.05 Å². The molecule has 0 aliphatic carbocycles. The number of pyridine rings is 1. The fraction of sp³-hybridized carbons (Fsp3) is 0.143.